The third kappa shape index (κ3) is 6.70. The molecule has 0 bridgehead atoms. The molecule has 0 fully saturated rings. The van der Waals surface area contributed by atoms with Gasteiger partial charge in [0.2, 0.25) is 5.91 Å². The summed E-state index contributed by atoms with van der Waals surface area (Å²) in [5.74, 6) is -0.0387. The molecule has 3 rings (SSSR count). The van der Waals surface area contributed by atoms with Gasteiger partial charge in [-0.1, -0.05) is 49.8 Å². The number of anilines is 1. The van der Waals surface area contributed by atoms with Crippen LogP contribution in [0.2, 0.25) is 0 Å². The predicted molar refractivity (Wildman–Crippen MR) is 140 cm³/mol. The molecular formula is C29H35N3O2. The van der Waals surface area contributed by atoms with Gasteiger partial charge in [-0.3, -0.25) is 4.79 Å². The van der Waals surface area contributed by atoms with Crippen molar-refractivity contribution in [2.75, 3.05) is 5.32 Å². The molecule has 1 aliphatic carbocycles. The number of rotatable bonds is 7. The predicted octanol–water partition coefficient (Wildman–Crippen LogP) is 6.91. The van der Waals surface area contributed by atoms with Gasteiger partial charge < -0.3 is 15.0 Å². The summed E-state index contributed by atoms with van der Waals surface area (Å²) in [4.78, 5) is 16.4. The zero-order chi connectivity index (χ0) is 24.7. The Labute approximate surface area is 202 Å². The summed E-state index contributed by atoms with van der Waals surface area (Å²) in [6.45, 7) is 10.8. The first-order chi connectivity index (χ1) is 16.2. The Balaban J connectivity index is 1.65. The molecule has 5 heteroatoms. The molecule has 1 aromatic carbocycles. The minimum atomic E-state index is -0.206. The van der Waals surface area contributed by atoms with Gasteiger partial charge in [-0.15, -0.1) is 0 Å². The largest absolute Gasteiger partial charge is 0.508 e. The maximum absolute atomic E-state index is 12.2. The van der Waals surface area contributed by atoms with Crippen molar-refractivity contribution in [1.29, 1.82) is 0 Å². The topological polar surface area (TPSA) is 67.2 Å². The van der Waals surface area contributed by atoms with Crippen LogP contribution >= 0.6 is 0 Å². The van der Waals surface area contributed by atoms with E-state index in [1.165, 1.54) is 23.3 Å². The summed E-state index contributed by atoms with van der Waals surface area (Å²) in [6, 6.07) is 6.76. The fourth-order valence-electron chi connectivity index (χ4n) is 4.35. The van der Waals surface area contributed by atoms with E-state index >= 15 is 0 Å². The number of nitrogens with one attached hydrogen (secondary N) is 1. The minimum Gasteiger partial charge on any atom is -0.508 e. The molecule has 1 aliphatic rings. The molecular weight excluding hydrogens is 422 g/mol. The number of imidazole rings is 1. The van der Waals surface area contributed by atoms with Crippen LogP contribution in [0.15, 0.2) is 102 Å². The van der Waals surface area contributed by atoms with Gasteiger partial charge in [-0.25, -0.2) is 4.98 Å². The van der Waals surface area contributed by atoms with Crippen LogP contribution in [0.4, 0.5) is 5.69 Å². The van der Waals surface area contributed by atoms with Gasteiger partial charge in [-0.2, -0.15) is 0 Å². The Morgan fingerprint density at radius 1 is 1.18 bits per heavy atom. The Morgan fingerprint density at radius 2 is 1.91 bits per heavy atom. The average Bonchev–Trinajstić information content (AvgIpc) is 3.29. The molecule has 0 radical (unpaired) electrons. The standard InChI is InChI=1S/C29H35N3O2/c1-21(7-6-8-22(2)19-28(34)31-24-10-12-25(33)13-11-24)9-14-26-23(3)27(15-16-29(26,4)5)32-18-17-30-20-32/h6-14,17-20,27,33H,15-16H2,1-5H3,(H,31,34)/b8-6+,14-9+,21-7+,22-19-. The van der Waals surface area contributed by atoms with Crippen LogP contribution in [-0.4, -0.2) is 20.6 Å². The van der Waals surface area contributed by atoms with Crippen LogP contribution < -0.4 is 5.32 Å². The fourth-order valence-corrected chi connectivity index (χ4v) is 4.35. The highest BCUT2D eigenvalue weighted by atomic mass is 16.3. The molecule has 1 heterocycles. The molecule has 178 valence electrons. The number of hydrogen-bond donors (Lipinski definition) is 2. The highest BCUT2D eigenvalue weighted by molar-refractivity contribution is 6.00. The fraction of sp³-hybridized carbons (Fsp3) is 0.310. The molecule has 0 spiro atoms. The van der Waals surface area contributed by atoms with E-state index in [0.717, 1.165) is 24.0 Å². The smallest absolute Gasteiger partial charge is 0.248 e. The van der Waals surface area contributed by atoms with Gasteiger partial charge in [0.1, 0.15) is 5.75 Å². The third-order valence-corrected chi connectivity index (χ3v) is 6.31. The molecule has 1 aromatic heterocycles. The number of aromatic nitrogens is 2. The minimum absolute atomic E-state index is 0.137. The Kier molecular flexibility index (Phi) is 8.11. The van der Waals surface area contributed by atoms with Gasteiger partial charge in [-0.05, 0) is 80.0 Å². The quantitative estimate of drug-likeness (QED) is 0.270. The number of benzene rings is 1. The normalized spacial score (nSPS) is 19.3. The summed E-state index contributed by atoms with van der Waals surface area (Å²) in [5, 5.41) is 12.1. The lowest BCUT2D eigenvalue weighted by Crippen LogP contribution is -2.25. The SMILES string of the molecule is CC1=C(/C=C/C(C)=C/C=C/C(C)=C\C(=O)Nc2ccc(O)cc2)C(C)(C)CCC1n1ccnc1. The van der Waals surface area contributed by atoms with E-state index in [4.69, 9.17) is 0 Å². The zero-order valence-electron chi connectivity index (χ0n) is 20.7. The van der Waals surface area contributed by atoms with E-state index in [9.17, 15) is 9.90 Å². The molecule has 0 saturated heterocycles. The van der Waals surface area contributed by atoms with Crippen molar-refractivity contribution in [3.05, 3.63) is 102 Å². The molecule has 34 heavy (non-hydrogen) atoms. The van der Waals surface area contributed by atoms with Crippen LogP contribution in [-0.2, 0) is 4.79 Å². The van der Waals surface area contributed by atoms with Crippen LogP contribution in [0.25, 0.3) is 0 Å². The van der Waals surface area contributed by atoms with Crippen molar-refractivity contribution in [2.45, 2.75) is 53.5 Å². The second kappa shape index (κ2) is 11.0. The Morgan fingerprint density at radius 3 is 2.59 bits per heavy atom. The first kappa shape index (κ1) is 25.0. The van der Waals surface area contributed by atoms with Crippen molar-refractivity contribution in [1.82, 2.24) is 9.55 Å². The van der Waals surface area contributed by atoms with E-state index < -0.39 is 0 Å². The van der Waals surface area contributed by atoms with E-state index in [0.29, 0.717) is 11.7 Å². The first-order valence-electron chi connectivity index (χ1n) is 11.7. The average molecular weight is 458 g/mol. The van der Waals surface area contributed by atoms with Crippen molar-refractivity contribution in [2.24, 2.45) is 5.41 Å². The highest BCUT2D eigenvalue weighted by Crippen LogP contribution is 2.45. The molecule has 2 aromatic rings. The lowest BCUT2D eigenvalue weighted by atomic mass is 9.71. The van der Waals surface area contributed by atoms with Crippen LogP contribution in [0, 0.1) is 5.41 Å². The summed E-state index contributed by atoms with van der Waals surface area (Å²) in [5.41, 5.74) is 5.54. The zero-order valence-corrected chi connectivity index (χ0v) is 20.7. The molecule has 1 atom stereocenters. The molecule has 2 N–H and O–H groups in total. The van der Waals surface area contributed by atoms with E-state index in [2.05, 4.69) is 54.7 Å². The lowest BCUT2D eigenvalue weighted by molar-refractivity contribution is -0.111. The second-order valence-corrected chi connectivity index (χ2v) is 9.57. The number of phenolic OH excluding ortho intramolecular Hbond substituents is 1. The van der Waals surface area contributed by atoms with E-state index in [-0.39, 0.29) is 17.1 Å². The van der Waals surface area contributed by atoms with Gasteiger partial charge in [0, 0.05) is 24.2 Å². The molecule has 1 amide bonds. The van der Waals surface area contributed by atoms with Crippen LogP contribution in [0.1, 0.15) is 53.5 Å². The Bertz CT molecular complexity index is 1140. The number of hydrogen-bond acceptors (Lipinski definition) is 3. The first-order valence-corrected chi connectivity index (χ1v) is 11.7. The summed E-state index contributed by atoms with van der Waals surface area (Å²) < 4.78 is 2.21. The van der Waals surface area contributed by atoms with Gasteiger partial charge in [0.25, 0.3) is 0 Å². The lowest BCUT2D eigenvalue weighted by Gasteiger charge is -2.37. The van der Waals surface area contributed by atoms with E-state index in [1.807, 2.05) is 43.9 Å². The third-order valence-electron chi connectivity index (χ3n) is 6.31. The number of carbonyl (C=O) groups excluding carboxylic acids is 1. The Hall–Kier alpha value is -3.60. The second-order valence-electron chi connectivity index (χ2n) is 9.57. The molecule has 5 nitrogen and oxygen atoms in total. The number of allylic oxidation sites excluding steroid dienone is 9. The maximum Gasteiger partial charge on any atom is 0.248 e. The van der Waals surface area contributed by atoms with Gasteiger partial charge in [0.15, 0.2) is 0 Å². The van der Waals surface area contributed by atoms with Crippen molar-refractivity contribution >= 4 is 11.6 Å². The van der Waals surface area contributed by atoms with Crippen molar-refractivity contribution < 1.29 is 9.90 Å². The molecule has 0 saturated carbocycles. The number of phenols is 1. The molecule has 0 aliphatic heterocycles. The van der Waals surface area contributed by atoms with Crippen molar-refractivity contribution in [3.63, 3.8) is 0 Å². The summed E-state index contributed by atoms with van der Waals surface area (Å²) in [7, 11) is 0. The number of carbonyl (C=O) groups is 1. The summed E-state index contributed by atoms with van der Waals surface area (Å²) in [6.07, 6.45) is 19.9. The summed E-state index contributed by atoms with van der Waals surface area (Å²) >= 11 is 0. The number of nitrogens with zero attached hydrogens (tertiary/aromatic N) is 2. The van der Waals surface area contributed by atoms with Crippen LogP contribution in [0.5, 0.6) is 5.75 Å². The maximum atomic E-state index is 12.2. The number of amides is 1. The van der Waals surface area contributed by atoms with Gasteiger partial charge in [0.05, 0.1) is 12.4 Å². The molecule has 1 unspecified atom stereocenters. The number of aromatic hydroxyl groups is 1. The van der Waals surface area contributed by atoms with Crippen LogP contribution in [0.3, 0.4) is 0 Å². The van der Waals surface area contributed by atoms with E-state index in [1.54, 1.807) is 18.2 Å². The van der Waals surface area contributed by atoms with Crippen molar-refractivity contribution in [3.8, 4) is 5.75 Å². The van der Waals surface area contributed by atoms with Gasteiger partial charge >= 0.3 is 0 Å². The monoisotopic (exact) mass is 457 g/mol. The highest BCUT2D eigenvalue weighted by Gasteiger charge is 2.32.